The normalized spacial score (nSPS) is 9.78. The maximum Gasteiger partial charge on any atom is 0.120 e. The Kier molecular flexibility index (Phi) is 3.98. The molecule has 0 bridgehead atoms. The Labute approximate surface area is 107 Å². The van der Waals surface area contributed by atoms with Gasteiger partial charge in [-0.1, -0.05) is 42.0 Å². The number of hydrogen-bond acceptors (Lipinski definition) is 2. The summed E-state index contributed by atoms with van der Waals surface area (Å²) in [6, 6.07) is 18.1. The van der Waals surface area contributed by atoms with Gasteiger partial charge in [0.1, 0.15) is 12.4 Å². The van der Waals surface area contributed by atoms with Gasteiger partial charge >= 0.3 is 0 Å². The second-order valence-electron chi connectivity index (χ2n) is 4.26. The Morgan fingerprint density at radius 3 is 2.56 bits per heavy atom. The van der Waals surface area contributed by atoms with E-state index in [9.17, 15) is 0 Å². The Morgan fingerprint density at radius 1 is 1.06 bits per heavy atom. The fraction of sp³-hybridized carbons (Fsp3) is 0.188. The SMILES string of the molecule is Cc1ccc(COc2cccc(CC#N)c2)cc1. The molecule has 0 saturated carbocycles. The summed E-state index contributed by atoms with van der Waals surface area (Å²) < 4.78 is 5.71. The van der Waals surface area contributed by atoms with E-state index < -0.39 is 0 Å². The lowest BCUT2D eigenvalue weighted by Crippen LogP contribution is -1.95. The van der Waals surface area contributed by atoms with Crippen LogP contribution in [0, 0.1) is 18.3 Å². The minimum atomic E-state index is 0.418. The zero-order chi connectivity index (χ0) is 12.8. The lowest BCUT2D eigenvalue weighted by Gasteiger charge is -2.07. The van der Waals surface area contributed by atoms with Crippen LogP contribution >= 0.6 is 0 Å². The van der Waals surface area contributed by atoms with Crippen molar-refractivity contribution in [2.45, 2.75) is 20.0 Å². The van der Waals surface area contributed by atoms with Crippen LogP contribution in [0.2, 0.25) is 0 Å². The molecule has 2 heteroatoms. The van der Waals surface area contributed by atoms with Gasteiger partial charge in [-0.3, -0.25) is 0 Å². The number of benzene rings is 2. The van der Waals surface area contributed by atoms with Crippen molar-refractivity contribution in [3.05, 3.63) is 65.2 Å². The highest BCUT2D eigenvalue weighted by Crippen LogP contribution is 2.15. The van der Waals surface area contributed by atoms with E-state index in [0.29, 0.717) is 13.0 Å². The van der Waals surface area contributed by atoms with E-state index in [1.165, 1.54) is 5.56 Å². The van der Waals surface area contributed by atoms with Crippen molar-refractivity contribution in [2.75, 3.05) is 0 Å². The molecule has 0 radical (unpaired) electrons. The minimum absolute atomic E-state index is 0.418. The molecule has 0 unspecified atom stereocenters. The zero-order valence-corrected chi connectivity index (χ0v) is 10.4. The first-order chi connectivity index (χ1) is 8.78. The molecular formula is C16H15NO. The van der Waals surface area contributed by atoms with Crippen LogP contribution in [-0.2, 0) is 13.0 Å². The summed E-state index contributed by atoms with van der Waals surface area (Å²) in [4.78, 5) is 0. The lowest BCUT2D eigenvalue weighted by molar-refractivity contribution is 0.306. The second-order valence-corrected chi connectivity index (χ2v) is 4.26. The Balaban J connectivity index is 1.99. The molecule has 0 aliphatic carbocycles. The molecule has 0 fully saturated rings. The maximum absolute atomic E-state index is 8.65. The fourth-order valence-electron chi connectivity index (χ4n) is 1.69. The van der Waals surface area contributed by atoms with E-state index in [0.717, 1.165) is 16.9 Å². The summed E-state index contributed by atoms with van der Waals surface area (Å²) in [7, 11) is 0. The van der Waals surface area contributed by atoms with Crippen molar-refractivity contribution in [1.82, 2.24) is 0 Å². The van der Waals surface area contributed by atoms with Gasteiger partial charge in [0, 0.05) is 0 Å². The van der Waals surface area contributed by atoms with E-state index in [1.807, 2.05) is 24.3 Å². The van der Waals surface area contributed by atoms with Gasteiger partial charge in [-0.2, -0.15) is 5.26 Å². The van der Waals surface area contributed by atoms with Crippen LogP contribution in [-0.4, -0.2) is 0 Å². The molecule has 90 valence electrons. The van der Waals surface area contributed by atoms with Crippen LogP contribution < -0.4 is 4.74 Å². The number of ether oxygens (including phenoxy) is 1. The number of hydrogen-bond donors (Lipinski definition) is 0. The summed E-state index contributed by atoms with van der Waals surface area (Å²) >= 11 is 0. The van der Waals surface area contributed by atoms with Gasteiger partial charge < -0.3 is 4.74 Å². The van der Waals surface area contributed by atoms with Crippen LogP contribution in [0.15, 0.2) is 48.5 Å². The smallest absolute Gasteiger partial charge is 0.120 e. The summed E-state index contributed by atoms with van der Waals surface area (Å²) in [5.74, 6) is 0.809. The van der Waals surface area contributed by atoms with Crippen molar-refractivity contribution in [1.29, 1.82) is 5.26 Å². The quantitative estimate of drug-likeness (QED) is 0.813. The average Bonchev–Trinajstić information content (AvgIpc) is 2.39. The van der Waals surface area contributed by atoms with E-state index in [4.69, 9.17) is 10.00 Å². The third-order valence-corrected chi connectivity index (χ3v) is 2.71. The van der Waals surface area contributed by atoms with E-state index in [1.54, 1.807) is 0 Å². The number of rotatable bonds is 4. The molecule has 0 amide bonds. The van der Waals surface area contributed by atoms with Gasteiger partial charge in [0.05, 0.1) is 12.5 Å². The van der Waals surface area contributed by atoms with E-state index >= 15 is 0 Å². The lowest BCUT2D eigenvalue weighted by atomic mass is 10.1. The molecule has 0 aliphatic rings. The molecule has 2 rings (SSSR count). The van der Waals surface area contributed by atoms with Crippen molar-refractivity contribution < 1.29 is 4.74 Å². The highest BCUT2D eigenvalue weighted by atomic mass is 16.5. The minimum Gasteiger partial charge on any atom is -0.489 e. The maximum atomic E-state index is 8.65. The van der Waals surface area contributed by atoms with Gasteiger partial charge in [-0.15, -0.1) is 0 Å². The third kappa shape index (κ3) is 3.36. The Morgan fingerprint density at radius 2 is 1.83 bits per heavy atom. The van der Waals surface area contributed by atoms with Crippen molar-refractivity contribution >= 4 is 0 Å². The molecule has 0 aliphatic heterocycles. The van der Waals surface area contributed by atoms with E-state index in [-0.39, 0.29) is 0 Å². The summed E-state index contributed by atoms with van der Waals surface area (Å²) in [5, 5.41) is 8.65. The standard InChI is InChI=1S/C16H15NO/c1-13-5-7-15(8-6-13)12-18-16-4-2-3-14(11-16)9-10-17/h2-8,11H,9,12H2,1H3. The van der Waals surface area contributed by atoms with Crippen molar-refractivity contribution in [3.63, 3.8) is 0 Å². The van der Waals surface area contributed by atoms with Gasteiger partial charge in [0.25, 0.3) is 0 Å². The highest BCUT2D eigenvalue weighted by Gasteiger charge is 1.98. The first-order valence-electron chi connectivity index (χ1n) is 5.92. The van der Waals surface area contributed by atoms with Crippen LogP contribution in [0.3, 0.4) is 0 Å². The molecule has 0 spiro atoms. The fourth-order valence-corrected chi connectivity index (χ4v) is 1.69. The van der Waals surface area contributed by atoms with Crippen LogP contribution in [0.4, 0.5) is 0 Å². The molecule has 2 nitrogen and oxygen atoms in total. The van der Waals surface area contributed by atoms with E-state index in [2.05, 4.69) is 37.3 Å². The summed E-state index contributed by atoms with van der Waals surface area (Å²) in [5.41, 5.74) is 3.37. The number of nitrogens with zero attached hydrogens (tertiary/aromatic N) is 1. The molecule has 18 heavy (non-hydrogen) atoms. The highest BCUT2D eigenvalue weighted by molar-refractivity contribution is 5.30. The van der Waals surface area contributed by atoms with Gasteiger partial charge in [0.2, 0.25) is 0 Å². The Bertz CT molecular complexity index is 552. The molecule has 0 heterocycles. The molecule has 2 aromatic rings. The predicted molar refractivity (Wildman–Crippen MR) is 71.3 cm³/mol. The van der Waals surface area contributed by atoms with Crippen molar-refractivity contribution in [2.24, 2.45) is 0 Å². The van der Waals surface area contributed by atoms with Gasteiger partial charge in [-0.25, -0.2) is 0 Å². The predicted octanol–water partition coefficient (Wildman–Crippen LogP) is 3.64. The van der Waals surface area contributed by atoms with Gasteiger partial charge in [-0.05, 0) is 30.2 Å². The molecule has 0 saturated heterocycles. The zero-order valence-electron chi connectivity index (χ0n) is 10.4. The first kappa shape index (κ1) is 12.2. The van der Waals surface area contributed by atoms with Crippen LogP contribution in [0.5, 0.6) is 5.75 Å². The first-order valence-corrected chi connectivity index (χ1v) is 5.92. The number of aryl methyl sites for hydroxylation is 1. The topological polar surface area (TPSA) is 33.0 Å². The van der Waals surface area contributed by atoms with Gasteiger partial charge in [0.15, 0.2) is 0 Å². The molecule has 0 N–H and O–H groups in total. The van der Waals surface area contributed by atoms with Crippen LogP contribution in [0.25, 0.3) is 0 Å². The van der Waals surface area contributed by atoms with Crippen molar-refractivity contribution in [3.8, 4) is 11.8 Å². The number of nitriles is 1. The largest absolute Gasteiger partial charge is 0.489 e. The third-order valence-electron chi connectivity index (χ3n) is 2.71. The van der Waals surface area contributed by atoms with Crippen LogP contribution in [0.1, 0.15) is 16.7 Å². The molecule has 0 aromatic heterocycles. The monoisotopic (exact) mass is 237 g/mol. The summed E-state index contributed by atoms with van der Waals surface area (Å²) in [6.45, 7) is 2.62. The second kappa shape index (κ2) is 5.88. The average molecular weight is 237 g/mol. The molecular weight excluding hydrogens is 222 g/mol. The summed E-state index contributed by atoms with van der Waals surface area (Å²) in [6.07, 6.45) is 0.418. The molecule has 0 atom stereocenters. The Hall–Kier alpha value is -2.27. The molecule has 2 aromatic carbocycles.